The third-order valence-electron chi connectivity index (χ3n) is 3.61. The zero-order valence-corrected chi connectivity index (χ0v) is 11.9. The highest BCUT2D eigenvalue weighted by molar-refractivity contribution is 6.02. The van der Waals surface area contributed by atoms with Gasteiger partial charge in [-0.1, -0.05) is 39.0 Å². The molecule has 0 aliphatic carbocycles. The lowest BCUT2D eigenvalue weighted by Gasteiger charge is -2.18. The highest BCUT2D eigenvalue weighted by atomic mass is 16.4. The highest BCUT2D eigenvalue weighted by Crippen LogP contribution is 2.25. The molecule has 0 spiro atoms. The first-order valence-electron chi connectivity index (χ1n) is 6.73. The zero-order valence-electron chi connectivity index (χ0n) is 11.9. The van der Waals surface area contributed by atoms with Crippen molar-refractivity contribution in [3.8, 4) is 0 Å². The Balaban J connectivity index is 2.42. The van der Waals surface area contributed by atoms with E-state index in [1.54, 1.807) is 0 Å². The van der Waals surface area contributed by atoms with Crippen molar-refractivity contribution in [1.82, 2.24) is 10.2 Å². The van der Waals surface area contributed by atoms with Crippen molar-refractivity contribution in [2.24, 2.45) is 11.8 Å². The van der Waals surface area contributed by atoms with Crippen LogP contribution < -0.4 is 5.32 Å². The van der Waals surface area contributed by atoms with Crippen LogP contribution in [0.15, 0.2) is 24.3 Å². The van der Waals surface area contributed by atoms with Gasteiger partial charge in [0.05, 0.1) is 11.2 Å². The van der Waals surface area contributed by atoms with E-state index in [-0.39, 0.29) is 5.69 Å². The summed E-state index contributed by atoms with van der Waals surface area (Å²) in [4.78, 5) is 11.3. The Morgan fingerprint density at radius 1 is 1.25 bits per heavy atom. The number of hydrogen-bond donors (Lipinski definition) is 2. The van der Waals surface area contributed by atoms with Crippen molar-refractivity contribution < 1.29 is 9.90 Å². The Bertz CT molecular complexity index is 626. The monoisotopic (exact) mass is 273 g/mol. The van der Waals surface area contributed by atoms with Gasteiger partial charge >= 0.3 is 5.97 Å². The van der Waals surface area contributed by atoms with Gasteiger partial charge in [0.2, 0.25) is 0 Å². The number of aromatic nitrogens is 2. The van der Waals surface area contributed by atoms with Gasteiger partial charge in [0.15, 0.2) is 5.69 Å². The molecule has 1 aromatic heterocycles. The van der Waals surface area contributed by atoms with Crippen molar-refractivity contribution in [2.45, 2.75) is 20.8 Å². The Morgan fingerprint density at radius 2 is 1.95 bits per heavy atom. The van der Waals surface area contributed by atoms with E-state index in [0.29, 0.717) is 29.6 Å². The Kier molecular flexibility index (Phi) is 4.17. The summed E-state index contributed by atoms with van der Waals surface area (Å²) in [6.45, 7) is 7.13. The van der Waals surface area contributed by atoms with Crippen molar-refractivity contribution in [1.29, 1.82) is 0 Å². The zero-order chi connectivity index (χ0) is 14.7. The normalized spacial score (nSPS) is 12.6. The number of carboxylic acids is 1. The van der Waals surface area contributed by atoms with Gasteiger partial charge in [-0.15, -0.1) is 10.2 Å². The first-order chi connectivity index (χ1) is 9.50. The molecule has 5 nitrogen and oxygen atoms in total. The van der Waals surface area contributed by atoms with Crippen LogP contribution in [0.4, 0.5) is 5.69 Å². The molecule has 0 saturated heterocycles. The second kappa shape index (κ2) is 5.86. The number of anilines is 1. The summed E-state index contributed by atoms with van der Waals surface area (Å²) in [7, 11) is 0. The van der Waals surface area contributed by atoms with Crippen molar-refractivity contribution in [2.75, 3.05) is 11.9 Å². The first kappa shape index (κ1) is 14.2. The van der Waals surface area contributed by atoms with Gasteiger partial charge in [-0.05, 0) is 17.9 Å². The summed E-state index contributed by atoms with van der Waals surface area (Å²) in [5, 5.41) is 21.1. The SMILES string of the molecule is CC(C)C(C)CNc1c(C(=O)O)nnc2ccccc12. The number of fused-ring (bicyclic) bond motifs is 1. The third-order valence-corrected chi connectivity index (χ3v) is 3.61. The number of carboxylic acid groups (broad SMARTS) is 1. The molecule has 0 radical (unpaired) electrons. The molecule has 20 heavy (non-hydrogen) atoms. The second-order valence-electron chi connectivity index (χ2n) is 5.35. The summed E-state index contributed by atoms with van der Waals surface area (Å²) >= 11 is 0. The molecule has 2 N–H and O–H groups in total. The maximum atomic E-state index is 11.3. The predicted octanol–water partition coefficient (Wildman–Crippen LogP) is 3.03. The lowest BCUT2D eigenvalue weighted by molar-refractivity contribution is 0.0690. The Labute approximate surface area is 118 Å². The lowest BCUT2D eigenvalue weighted by atomic mass is 9.98. The molecule has 0 fully saturated rings. The van der Waals surface area contributed by atoms with Gasteiger partial charge in [0.1, 0.15) is 0 Å². The Hall–Kier alpha value is -2.17. The van der Waals surface area contributed by atoms with Gasteiger partial charge in [0.25, 0.3) is 0 Å². The van der Waals surface area contributed by atoms with Gasteiger partial charge < -0.3 is 10.4 Å². The molecule has 0 aliphatic heterocycles. The van der Waals surface area contributed by atoms with E-state index in [0.717, 1.165) is 5.39 Å². The summed E-state index contributed by atoms with van der Waals surface area (Å²) < 4.78 is 0. The number of aromatic carboxylic acids is 1. The fraction of sp³-hybridized carbons (Fsp3) is 0.400. The molecule has 106 valence electrons. The van der Waals surface area contributed by atoms with Crippen LogP contribution in [0.1, 0.15) is 31.3 Å². The average molecular weight is 273 g/mol. The quantitative estimate of drug-likeness (QED) is 0.875. The molecule has 1 atom stereocenters. The van der Waals surface area contributed by atoms with Crippen LogP contribution in [-0.2, 0) is 0 Å². The average Bonchev–Trinajstić information content (AvgIpc) is 2.43. The maximum Gasteiger partial charge on any atom is 0.358 e. The second-order valence-corrected chi connectivity index (χ2v) is 5.35. The van der Waals surface area contributed by atoms with Crippen molar-refractivity contribution in [3.05, 3.63) is 30.0 Å². The number of rotatable bonds is 5. The van der Waals surface area contributed by atoms with Crippen LogP contribution in [0.3, 0.4) is 0 Å². The van der Waals surface area contributed by atoms with Crippen LogP contribution in [0.5, 0.6) is 0 Å². The number of nitrogens with one attached hydrogen (secondary N) is 1. The minimum atomic E-state index is -1.07. The third kappa shape index (κ3) is 2.87. The minimum absolute atomic E-state index is 0.0281. The van der Waals surface area contributed by atoms with Crippen molar-refractivity contribution in [3.63, 3.8) is 0 Å². The summed E-state index contributed by atoms with van der Waals surface area (Å²) in [5.74, 6) is -0.108. The smallest absolute Gasteiger partial charge is 0.358 e. The van der Waals surface area contributed by atoms with Crippen LogP contribution in [0, 0.1) is 11.8 Å². The van der Waals surface area contributed by atoms with E-state index in [9.17, 15) is 9.90 Å². The van der Waals surface area contributed by atoms with E-state index in [1.807, 2.05) is 24.3 Å². The van der Waals surface area contributed by atoms with Gasteiger partial charge in [-0.25, -0.2) is 4.79 Å². The van der Waals surface area contributed by atoms with Crippen LogP contribution in [0.25, 0.3) is 10.9 Å². The number of carbonyl (C=O) groups is 1. The predicted molar refractivity (Wildman–Crippen MR) is 79.0 cm³/mol. The van der Waals surface area contributed by atoms with Gasteiger partial charge in [0, 0.05) is 11.9 Å². The number of benzene rings is 1. The summed E-state index contributed by atoms with van der Waals surface area (Å²) in [5.41, 5.74) is 1.22. The first-order valence-corrected chi connectivity index (χ1v) is 6.73. The van der Waals surface area contributed by atoms with Crippen LogP contribution >= 0.6 is 0 Å². The van der Waals surface area contributed by atoms with Gasteiger partial charge in [-0.2, -0.15) is 0 Å². The fourth-order valence-electron chi connectivity index (χ4n) is 1.88. The molecule has 1 unspecified atom stereocenters. The van der Waals surface area contributed by atoms with E-state index in [1.165, 1.54) is 0 Å². The molecule has 2 aromatic rings. The molecule has 1 heterocycles. The molecule has 1 aromatic carbocycles. The van der Waals surface area contributed by atoms with Gasteiger partial charge in [-0.3, -0.25) is 0 Å². The van der Waals surface area contributed by atoms with E-state index in [4.69, 9.17) is 0 Å². The minimum Gasteiger partial charge on any atom is -0.476 e. The fourth-order valence-corrected chi connectivity index (χ4v) is 1.88. The largest absolute Gasteiger partial charge is 0.476 e. The summed E-state index contributed by atoms with van der Waals surface area (Å²) in [6, 6.07) is 7.41. The number of nitrogens with zero attached hydrogens (tertiary/aromatic N) is 2. The molecule has 0 amide bonds. The van der Waals surface area contributed by atoms with E-state index >= 15 is 0 Å². The van der Waals surface area contributed by atoms with Crippen LogP contribution in [-0.4, -0.2) is 27.8 Å². The topological polar surface area (TPSA) is 75.1 Å². The number of hydrogen-bond acceptors (Lipinski definition) is 4. The molecule has 0 aliphatic rings. The molecule has 5 heteroatoms. The molecular formula is C15H19N3O2. The van der Waals surface area contributed by atoms with Crippen molar-refractivity contribution >= 4 is 22.6 Å². The standard InChI is InChI=1S/C15H19N3O2/c1-9(2)10(3)8-16-13-11-6-4-5-7-12(11)17-18-14(13)15(19)20/h4-7,9-10H,8H2,1-3H3,(H,16,17)(H,19,20). The molecule has 2 rings (SSSR count). The lowest BCUT2D eigenvalue weighted by Crippen LogP contribution is -2.19. The maximum absolute atomic E-state index is 11.3. The highest BCUT2D eigenvalue weighted by Gasteiger charge is 2.17. The summed E-state index contributed by atoms with van der Waals surface area (Å²) in [6.07, 6.45) is 0. The van der Waals surface area contributed by atoms with E-state index in [2.05, 4.69) is 36.3 Å². The molecule has 0 bridgehead atoms. The Morgan fingerprint density at radius 3 is 2.60 bits per heavy atom. The molecule has 0 saturated carbocycles. The van der Waals surface area contributed by atoms with Crippen LogP contribution in [0.2, 0.25) is 0 Å². The molecular weight excluding hydrogens is 254 g/mol. The van der Waals surface area contributed by atoms with E-state index < -0.39 is 5.97 Å².